The number of fused-ring (bicyclic) bond motifs is 64. The normalized spacial score (nSPS) is 97.3. The maximum atomic E-state index is 1.72. The largest absolute Gasteiger partial charge is 0.0528 e. The van der Waals surface area contributed by atoms with Gasteiger partial charge in [-0.1, -0.05) is 19.3 Å². The number of hydrogen-bond donors (Lipinski definition) is 0. The van der Waals surface area contributed by atoms with Gasteiger partial charge in [-0.2, -0.15) is 0 Å². The monoisotopic (exact) mass is 682 g/mol. The summed E-state index contributed by atoms with van der Waals surface area (Å²) in [6.45, 7) is 0. The van der Waals surface area contributed by atoms with Gasteiger partial charge in [-0.25, -0.2) is 0 Å². The zero-order chi connectivity index (χ0) is 30.8. The van der Waals surface area contributed by atoms with Crippen LogP contribution in [0.25, 0.3) is 0 Å². The van der Waals surface area contributed by atoms with Crippen molar-refractivity contribution in [2.24, 2.45) is 272 Å². The van der Waals surface area contributed by atoms with Crippen molar-refractivity contribution in [2.75, 3.05) is 0 Å². The summed E-state index contributed by atoms with van der Waals surface area (Å²) in [5.41, 5.74) is 0. The van der Waals surface area contributed by atoms with Crippen molar-refractivity contribution in [3.8, 4) is 0 Å². The molecule has 0 heteroatoms. The highest BCUT2D eigenvalue weighted by Crippen LogP contribution is 3.02. The van der Waals surface area contributed by atoms with Gasteiger partial charge in [-0.05, 0) is 291 Å². The van der Waals surface area contributed by atoms with Crippen molar-refractivity contribution < 1.29 is 0 Å². The van der Waals surface area contributed by atoms with Crippen LogP contribution in [0.15, 0.2) is 0 Å². The molecule has 24 rings (SSSR count). The van der Waals surface area contributed by atoms with E-state index in [-0.39, 0.29) is 0 Å². The van der Waals surface area contributed by atoms with Gasteiger partial charge in [0.1, 0.15) is 0 Å². The Kier molecular flexibility index (Phi) is 2.84. The summed E-state index contributed by atoms with van der Waals surface area (Å²) in [5, 5.41) is 0. The van der Waals surface area contributed by atoms with Crippen LogP contribution in [0.4, 0.5) is 0 Å². The second-order valence-electron chi connectivity index (χ2n) is 28.8. The predicted octanol–water partition coefficient (Wildman–Crippen LogP) is 8.00. The molecule has 45 unspecified atom stereocenters. The molecule has 24 aliphatic carbocycles. The van der Waals surface area contributed by atoms with Gasteiger partial charge in [0.05, 0.1) is 0 Å². The Bertz CT molecular complexity index is 2030. The molecule has 0 amide bonds. The molecule has 0 heterocycles. The average Bonchev–Trinajstić information content (AvgIpc) is 3.04. The summed E-state index contributed by atoms with van der Waals surface area (Å²) < 4.78 is 0. The fourth-order valence-corrected chi connectivity index (χ4v) is 32.5. The van der Waals surface area contributed by atoms with Crippen molar-refractivity contribution in [3.05, 3.63) is 0 Å². The summed E-state index contributed by atoms with van der Waals surface area (Å²) >= 11 is 0. The van der Waals surface area contributed by atoms with Crippen LogP contribution in [0.5, 0.6) is 0 Å². The highest BCUT2D eigenvalue weighted by atomic mass is 15.0. The lowest BCUT2D eigenvalue weighted by atomic mass is 9.03. The zero-order valence-electron chi connectivity index (χ0n) is 30.8. The second-order valence-corrected chi connectivity index (χ2v) is 28.8. The van der Waals surface area contributed by atoms with Gasteiger partial charge < -0.3 is 0 Å². The summed E-state index contributed by atoms with van der Waals surface area (Å²) in [6.07, 6.45) is 9.89. The molecule has 0 aliphatic heterocycles. The van der Waals surface area contributed by atoms with Crippen molar-refractivity contribution in [2.45, 2.75) is 38.5 Å². The Hall–Kier alpha value is 0. The van der Waals surface area contributed by atoms with Crippen LogP contribution in [0, 0.1) is 272 Å². The van der Waals surface area contributed by atoms with Gasteiger partial charge in [-0.3, -0.25) is 0 Å². The van der Waals surface area contributed by atoms with Crippen molar-refractivity contribution in [1.82, 2.24) is 0 Å². The SMILES string of the molecule is C1CC(C2CC3C2C2C3C3C2C2C3C3C2C2C3C3C2C2C3C3C2C2C3C3C4C5C6C7C8C9C%10C%11C%12C%13C%14CCC%14C%13C%12C%11C%10C9C8C7C6C5C4C23)C1. The van der Waals surface area contributed by atoms with Gasteiger partial charge in [0.2, 0.25) is 0 Å². The Balaban J connectivity index is 0.495. The van der Waals surface area contributed by atoms with E-state index in [1.54, 1.807) is 38.5 Å². The number of hydrogen-bond acceptors (Lipinski definition) is 0. The van der Waals surface area contributed by atoms with E-state index in [1.165, 1.54) is 272 Å². The standard InChI is InChI=1S/C52H58/c1-2-7(3-1)10-6-11-12(10)16-15(11)19-20(16)24-23(19)27-28(24)32-31(27)35-36(32)40-39(35)43-44(40)48-47(43)51-49-45-41-37-33-29-25-21-17-13-8-4-5-9(8)14(13)18(17)22(21)26(25)30(29)34(33)38(37)42(41)46(45)50(49)52(48)51/h7-52H,1-6H2. The predicted molar refractivity (Wildman–Crippen MR) is 188 cm³/mol. The van der Waals surface area contributed by atoms with E-state index in [1.807, 2.05) is 0 Å². The smallest absolute Gasteiger partial charge is 0.0312 e. The lowest BCUT2D eigenvalue weighted by molar-refractivity contribution is -0.550. The minimum Gasteiger partial charge on any atom is -0.0528 e. The molecule has 0 spiro atoms. The van der Waals surface area contributed by atoms with Crippen LogP contribution in [-0.4, -0.2) is 0 Å². The molecular weight excluding hydrogens is 625 g/mol. The first kappa shape index (κ1) is 24.0. The molecular formula is C52H58. The molecule has 0 N–H and O–H groups in total. The van der Waals surface area contributed by atoms with Gasteiger partial charge in [0.25, 0.3) is 0 Å². The highest BCUT2D eigenvalue weighted by Gasteiger charge is 2.99. The molecule has 24 saturated carbocycles. The van der Waals surface area contributed by atoms with Gasteiger partial charge in [0, 0.05) is 0 Å². The van der Waals surface area contributed by atoms with E-state index in [4.69, 9.17) is 0 Å². The Morgan fingerprint density at radius 2 is 0.365 bits per heavy atom. The molecule has 0 nitrogen and oxygen atoms in total. The van der Waals surface area contributed by atoms with E-state index in [9.17, 15) is 0 Å². The van der Waals surface area contributed by atoms with E-state index in [0.29, 0.717) is 0 Å². The molecule has 52 heavy (non-hydrogen) atoms. The van der Waals surface area contributed by atoms with E-state index in [2.05, 4.69) is 0 Å². The van der Waals surface area contributed by atoms with Crippen LogP contribution < -0.4 is 0 Å². The van der Waals surface area contributed by atoms with Crippen molar-refractivity contribution in [3.63, 3.8) is 0 Å². The first-order valence-electron chi connectivity index (χ1n) is 25.9. The third-order valence-electron chi connectivity index (χ3n) is 32.4. The van der Waals surface area contributed by atoms with Crippen LogP contribution in [0.3, 0.4) is 0 Å². The molecule has 0 bridgehead atoms. The number of rotatable bonds is 1. The molecule has 0 aromatic carbocycles. The summed E-state index contributed by atoms with van der Waals surface area (Å²) in [6, 6.07) is 0. The van der Waals surface area contributed by atoms with Crippen molar-refractivity contribution >= 4 is 0 Å². The third-order valence-corrected chi connectivity index (χ3v) is 32.4. The first-order valence-corrected chi connectivity index (χ1v) is 25.9. The quantitative estimate of drug-likeness (QED) is 0.246. The minimum atomic E-state index is 1.21. The lowest BCUT2D eigenvalue weighted by Gasteiger charge is -3.01. The van der Waals surface area contributed by atoms with E-state index < -0.39 is 0 Å². The molecule has 266 valence electrons. The maximum absolute atomic E-state index is 1.72. The van der Waals surface area contributed by atoms with Gasteiger partial charge in [0.15, 0.2) is 0 Å². The molecule has 0 aromatic heterocycles. The summed E-state index contributed by atoms with van der Waals surface area (Å²) in [5.74, 6) is 60.4. The lowest BCUT2D eigenvalue weighted by Crippen LogP contribution is -2.98. The van der Waals surface area contributed by atoms with Crippen molar-refractivity contribution in [1.29, 1.82) is 0 Å². The highest BCUT2D eigenvalue weighted by molar-refractivity contribution is 5.46. The Morgan fingerprint density at radius 3 is 0.577 bits per heavy atom. The molecule has 0 radical (unpaired) electrons. The minimum absolute atomic E-state index is 1.21. The Morgan fingerprint density at radius 1 is 0.154 bits per heavy atom. The fraction of sp³-hybridized carbons (Fsp3) is 1.00. The van der Waals surface area contributed by atoms with E-state index in [0.717, 1.165) is 0 Å². The zero-order valence-corrected chi connectivity index (χ0v) is 30.8. The van der Waals surface area contributed by atoms with Gasteiger partial charge >= 0.3 is 0 Å². The van der Waals surface area contributed by atoms with Gasteiger partial charge in [-0.15, -0.1) is 0 Å². The molecule has 24 aliphatic rings. The van der Waals surface area contributed by atoms with E-state index >= 15 is 0 Å². The first-order chi connectivity index (χ1) is 25.9. The van der Waals surface area contributed by atoms with Crippen LogP contribution >= 0.6 is 0 Å². The van der Waals surface area contributed by atoms with Crippen LogP contribution in [0.1, 0.15) is 38.5 Å². The second kappa shape index (κ2) is 6.15. The molecule has 0 aromatic rings. The third kappa shape index (κ3) is 1.54. The topological polar surface area (TPSA) is 0 Å². The Labute approximate surface area is 309 Å². The molecule has 45 atom stereocenters. The fourth-order valence-electron chi connectivity index (χ4n) is 32.5. The molecule has 0 saturated heterocycles. The summed E-state index contributed by atoms with van der Waals surface area (Å²) in [7, 11) is 0. The van der Waals surface area contributed by atoms with Crippen LogP contribution in [0.2, 0.25) is 0 Å². The maximum Gasteiger partial charge on any atom is -0.0312 e. The molecule has 24 fully saturated rings. The average molecular weight is 683 g/mol. The summed E-state index contributed by atoms with van der Waals surface area (Å²) in [4.78, 5) is 0. The van der Waals surface area contributed by atoms with Crippen LogP contribution in [-0.2, 0) is 0 Å².